The van der Waals surface area contributed by atoms with E-state index in [0.29, 0.717) is 25.1 Å². The summed E-state index contributed by atoms with van der Waals surface area (Å²) in [5, 5.41) is 0. The molecule has 5 heteroatoms. The Hall–Kier alpha value is -1.49. The Kier molecular flexibility index (Phi) is 6.20. The first-order valence-corrected chi connectivity index (χ1v) is 9.05. The third kappa shape index (κ3) is 5.00. The lowest BCUT2D eigenvalue weighted by atomic mass is 9.98. The number of hydrogen-bond donors (Lipinski definition) is 0. The molecule has 1 aromatic carbocycles. The van der Waals surface area contributed by atoms with Gasteiger partial charge in [0.25, 0.3) is 11.8 Å². The zero-order valence-electron chi connectivity index (χ0n) is 16.0. The smallest absolute Gasteiger partial charge is 0.260 e. The lowest BCUT2D eigenvalue weighted by molar-refractivity contribution is -0.0690. The number of amides is 1. The van der Waals surface area contributed by atoms with E-state index < -0.39 is 5.92 Å². The number of hydrogen-bond acceptors (Lipinski definition) is 2. The zero-order valence-corrected chi connectivity index (χ0v) is 16.0. The first-order valence-electron chi connectivity index (χ1n) is 9.05. The van der Waals surface area contributed by atoms with Crippen LogP contribution < -0.4 is 0 Å². The number of alkyl halides is 2. The van der Waals surface area contributed by atoms with Crippen molar-refractivity contribution in [3.63, 3.8) is 0 Å². The van der Waals surface area contributed by atoms with E-state index in [0.717, 1.165) is 11.1 Å². The Morgan fingerprint density at radius 3 is 2.52 bits per heavy atom. The fourth-order valence-corrected chi connectivity index (χ4v) is 3.48. The molecule has 1 aliphatic rings. The van der Waals surface area contributed by atoms with Crippen LogP contribution in [0.3, 0.4) is 0 Å². The lowest BCUT2D eigenvalue weighted by Gasteiger charge is -2.39. The van der Waals surface area contributed by atoms with Gasteiger partial charge in [-0.2, -0.15) is 0 Å². The molecule has 3 nitrogen and oxygen atoms in total. The van der Waals surface area contributed by atoms with Gasteiger partial charge in [-0.05, 0) is 56.0 Å². The van der Waals surface area contributed by atoms with Gasteiger partial charge in [0.1, 0.15) is 0 Å². The average molecular weight is 352 g/mol. The van der Waals surface area contributed by atoms with E-state index in [4.69, 9.17) is 0 Å². The van der Waals surface area contributed by atoms with E-state index in [1.807, 2.05) is 45.9 Å². The van der Waals surface area contributed by atoms with Crippen molar-refractivity contribution in [2.75, 3.05) is 26.7 Å². The van der Waals surface area contributed by atoms with Crippen molar-refractivity contribution in [3.8, 4) is 0 Å². The van der Waals surface area contributed by atoms with Crippen LogP contribution in [0, 0.1) is 19.8 Å². The van der Waals surface area contributed by atoms with E-state index in [9.17, 15) is 13.6 Å². The van der Waals surface area contributed by atoms with Gasteiger partial charge in [0, 0.05) is 31.6 Å². The van der Waals surface area contributed by atoms with Crippen LogP contribution in [0.5, 0.6) is 0 Å². The second-order valence-corrected chi connectivity index (χ2v) is 7.72. The van der Waals surface area contributed by atoms with Gasteiger partial charge in [-0.25, -0.2) is 8.78 Å². The Morgan fingerprint density at radius 2 is 1.96 bits per heavy atom. The van der Waals surface area contributed by atoms with Crippen LogP contribution in [-0.4, -0.2) is 54.4 Å². The normalized spacial score (nSPS) is 19.0. The molecule has 0 bridgehead atoms. The van der Waals surface area contributed by atoms with Crippen molar-refractivity contribution in [2.24, 2.45) is 5.92 Å². The molecule has 1 atom stereocenters. The molecular formula is C20H30F2N2O. The Bertz CT molecular complexity index is 616. The van der Waals surface area contributed by atoms with E-state index >= 15 is 0 Å². The summed E-state index contributed by atoms with van der Waals surface area (Å²) < 4.78 is 27.4. The monoisotopic (exact) mass is 352 g/mol. The van der Waals surface area contributed by atoms with Crippen LogP contribution in [0.15, 0.2) is 18.2 Å². The molecule has 1 amide bonds. The summed E-state index contributed by atoms with van der Waals surface area (Å²) in [6, 6.07) is 5.60. The Morgan fingerprint density at radius 1 is 1.28 bits per heavy atom. The van der Waals surface area contributed by atoms with E-state index in [-0.39, 0.29) is 30.8 Å². The van der Waals surface area contributed by atoms with Crippen LogP contribution in [0.2, 0.25) is 0 Å². The number of nitrogens with zero attached hydrogens (tertiary/aromatic N) is 2. The molecule has 2 rings (SSSR count). The van der Waals surface area contributed by atoms with Gasteiger partial charge in [-0.1, -0.05) is 19.9 Å². The standard InChI is InChI=1S/C20H30F2N2O/c1-14(2)18(12-24-10-6-9-20(21,22)13-24)23(5)19(25)17-8-7-15(3)16(4)11-17/h7-8,11,14,18H,6,9-10,12-13H2,1-5H3/t18-/m1/s1. The van der Waals surface area contributed by atoms with Crippen LogP contribution in [-0.2, 0) is 0 Å². The first-order chi connectivity index (χ1) is 11.6. The first kappa shape index (κ1) is 19.8. The predicted octanol–water partition coefficient (Wildman–Crippen LogP) is 4.13. The quantitative estimate of drug-likeness (QED) is 0.795. The van der Waals surface area contributed by atoms with Crippen LogP contribution in [0.25, 0.3) is 0 Å². The maximum absolute atomic E-state index is 13.7. The summed E-state index contributed by atoms with van der Waals surface area (Å²) in [5.41, 5.74) is 2.88. The number of benzene rings is 1. The van der Waals surface area contributed by atoms with Gasteiger partial charge in [0.05, 0.1) is 6.54 Å². The number of piperidine rings is 1. The number of aryl methyl sites for hydroxylation is 2. The summed E-state index contributed by atoms with van der Waals surface area (Å²) >= 11 is 0. The van der Waals surface area contributed by atoms with Gasteiger partial charge in [0.2, 0.25) is 0 Å². The second-order valence-electron chi connectivity index (χ2n) is 7.72. The molecule has 25 heavy (non-hydrogen) atoms. The number of likely N-dealkylation sites (N-methyl/N-ethyl adjacent to an activating group) is 1. The largest absolute Gasteiger partial charge is 0.337 e. The number of carbonyl (C=O) groups excluding carboxylic acids is 1. The van der Waals surface area contributed by atoms with Crippen molar-refractivity contribution in [1.29, 1.82) is 0 Å². The molecule has 0 N–H and O–H groups in total. The van der Waals surface area contributed by atoms with Gasteiger partial charge in [-0.3, -0.25) is 9.69 Å². The highest BCUT2D eigenvalue weighted by molar-refractivity contribution is 5.94. The van der Waals surface area contributed by atoms with Gasteiger partial charge < -0.3 is 4.90 Å². The van der Waals surface area contributed by atoms with Gasteiger partial charge in [-0.15, -0.1) is 0 Å². The average Bonchev–Trinajstić information content (AvgIpc) is 2.52. The topological polar surface area (TPSA) is 23.6 Å². The molecule has 0 spiro atoms. The molecule has 1 saturated heterocycles. The Balaban J connectivity index is 2.12. The molecule has 1 fully saturated rings. The lowest BCUT2D eigenvalue weighted by Crippen LogP contribution is -2.52. The van der Waals surface area contributed by atoms with Crippen molar-refractivity contribution in [2.45, 2.75) is 52.5 Å². The third-order valence-corrected chi connectivity index (χ3v) is 5.26. The number of likely N-dealkylation sites (tertiary alicyclic amines) is 1. The summed E-state index contributed by atoms with van der Waals surface area (Å²) in [5.74, 6) is -2.47. The number of halogens is 2. The third-order valence-electron chi connectivity index (χ3n) is 5.26. The molecule has 1 aromatic rings. The fourth-order valence-electron chi connectivity index (χ4n) is 3.48. The summed E-state index contributed by atoms with van der Waals surface area (Å²) in [7, 11) is 1.78. The zero-order chi connectivity index (χ0) is 18.8. The highest BCUT2D eigenvalue weighted by atomic mass is 19.3. The maximum atomic E-state index is 13.7. The van der Waals surface area contributed by atoms with E-state index in [1.165, 1.54) is 0 Å². The van der Waals surface area contributed by atoms with Crippen molar-refractivity contribution in [1.82, 2.24) is 9.80 Å². The molecular weight excluding hydrogens is 322 g/mol. The SMILES string of the molecule is Cc1ccc(C(=O)N(C)[C@H](CN2CCCC(F)(F)C2)C(C)C)cc1C. The van der Waals surface area contributed by atoms with E-state index in [2.05, 4.69) is 0 Å². The molecule has 0 radical (unpaired) electrons. The Labute approximate surface area is 150 Å². The molecule has 0 saturated carbocycles. The van der Waals surface area contributed by atoms with Crippen LogP contribution >= 0.6 is 0 Å². The number of rotatable bonds is 5. The molecule has 0 aromatic heterocycles. The second kappa shape index (κ2) is 7.81. The van der Waals surface area contributed by atoms with Gasteiger partial charge >= 0.3 is 0 Å². The van der Waals surface area contributed by atoms with Crippen molar-refractivity contribution >= 4 is 5.91 Å². The summed E-state index contributed by atoms with van der Waals surface area (Å²) in [4.78, 5) is 16.4. The highest BCUT2D eigenvalue weighted by Gasteiger charge is 2.37. The fraction of sp³-hybridized carbons (Fsp3) is 0.650. The maximum Gasteiger partial charge on any atom is 0.260 e. The molecule has 1 aliphatic heterocycles. The van der Waals surface area contributed by atoms with Crippen molar-refractivity contribution in [3.05, 3.63) is 34.9 Å². The minimum Gasteiger partial charge on any atom is -0.337 e. The summed E-state index contributed by atoms with van der Waals surface area (Å²) in [6.07, 6.45) is 0.472. The molecule has 140 valence electrons. The number of carbonyl (C=O) groups is 1. The summed E-state index contributed by atoms with van der Waals surface area (Å²) in [6.45, 7) is 9.03. The van der Waals surface area contributed by atoms with Gasteiger partial charge in [0.15, 0.2) is 0 Å². The van der Waals surface area contributed by atoms with Crippen LogP contribution in [0.1, 0.15) is 48.2 Å². The minimum absolute atomic E-state index is 0.0345. The minimum atomic E-state index is -2.61. The van der Waals surface area contributed by atoms with Crippen LogP contribution in [0.4, 0.5) is 8.78 Å². The predicted molar refractivity (Wildman–Crippen MR) is 97.3 cm³/mol. The molecule has 1 heterocycles. The van der Waals surface area contributed by atoms with Crippen molar-refractivity contribution < 1.29 is 13.6 Å². The molecule has 0 aliphatic carbocycles. The van der Waals surface area contributed by atoms with E-state index in [1.54, 1.807) is 16.8 Å². The highest BCUT2D eigenvalue weighted by Crippen LogP contribution is 2.27. The molecule has 0 unspecified atom stereocenters.